The summed E-state index contributed by atoms with van der Waals surface area (Å²) in [5.41, 5.74) is -1.06. The number of pyridine rings is 1. The smallest absolute Gasteiger partial charge is 0.348 e. The van der Waals surface area contributed by atoms with Gasteiger partial charge in [-0.1, -0.05) is 6.07 Å². The number of hydrogen-bond donors (Lipinski definition) is 1. The molecule has 0 atom stereocenters. The molecule has 0 unspecified atom stereocenters. The Bertz CT molecular complexity index is 700. The monoisotopic (exact) mass is 316 g/mol. The molecule has 0 fully saturated rings. The Labute approximate surface area is 121 Å². The largest absolute Gasteiger partial charge is 0.417 e. The van der Waals surface area contributed by atoms with Crippen LogP contribution >= 0.6 is 0 Å². The Balaban J connectivity index is 2.08. The van der Waals surface area contributed by atoms with Gasteiger partial charge in [-0.3, -0.25) is 9.78 Å². The molecular weight excluding hydrogens is 307 g/mol. The molecule has 1 N–H and O–H groups in total. The molecule has 8 heteroatoms. The van der Waals surface area contributed by atoms with Gasteiger partial charge in [0.05, 0.1) is 11.1 Å². The number of halogens is 5. The molecule has 0 aliphatic rings. The summed E-state index contributed by atoms with van der Waals surface area (Å²) in [6.07, 6.45) is -3.02. The fourth-order valence-electron chi connectivity index (χ4n) is 1.65. The maximum absolute atomic E-state index is 13.0. The van der Waals surface area contributed by atoms with Crippen molar-refractivity contribution in [1.82, 2.24) is 10.3 Å². The minimum absolute atomic E-state index is 0.160. The zero-order valence-corrected chi connectivity index (χ0v) is 10.9. The molecule has 0 spiro atoms. The number of hydrogen-bond acceptors (Lipinski definition) is 2. The van der Waals surface area contributed by atoms with Gasteiger partial charge in [-0.05, 0) is 23.8 Å². The van der Waals surface area contributed by atoms with Crippen molar-refractivity contribution in [2.75, 3.05) is 0 Å². The first-order chi connectivity index (χ1) is 10.3. The van der Waals surface area contributed by atoms with Crippen LogP contribution < -0.4 is 5.32 Å². The zero-order chi connectivity index (χ0) is 16.3. The number of nitrogens with zero attached hydrogens (tertiary/aromatic N) is 1. The van der Waals surface area contributed by atoms with E-state index in [-0.39, 0.29) is 17.7 Å². The third-order valence-electron chi connectivity index (χ3n) is 2.76. The topological polar surface area (TPSA) is 42.0 Å². The van der Waals surface area contributed by atoms with Gasteiger partial charge < -0.3 is 5.32 Å². The van der Waals surface area contributed by atoms with E-state index in [2.05, 4.69) is 10.3 Å². The van der Waals surface area contributed by atoms with Gasteiger partial charge in [0, 0.05) is 18.9 Å². The first-order valence-corrected chi connectivity index (χ1v) is 6.02. The fourth-order valence-corrected chi connectivity index (χ4v) is 1.65. The Morgan fingerprint density at radius 2 is 1.82 bits per heavy atom. The lowest BCUT2D eigenvalue weighted by atomic mass is 10.1. The number of nitrogens with one attached hydrogen (secondary N) is 1. The van der Waals surface area contributed by atoms with Crippen LogP contribution in [0.5, 0.6) is 0 Å². The zero-order valence-electron chi connectivity index (χ0n) is 10.9. The van der Waals surface area contributed by atoms with Gasteiger partial charge in [-0.2, -0.15) is 13.2 Å². The maximum Gasteiger partial charge on any atom is 0.417 e. The Morgan fingerprint density at radius 3 is 2.45 bits per heavy atom. The SMILES string of the molecule is O=C(NCc1ccc(F)c(F)c1)c1cncc(C(F)(F)F)c1. The Morgan fingerprint density at radius 1 is 1.09 bits per heavy atom. The van der Waals surface area contributed by atoms with Crippen molar-refractivity contribution in [3.8, 4) is 0 Å². The summed E-state index contributed by atoms with van der Waals surface area (Å²) in [6.45, 7) is -0.160. The van der Waals surface area contributed by atoms with Gasteiger partial charge in [-0.25, -0.2) is 8.78 Å². The van der Waals surface area contributed by atoms with Crippen LogP contribution in [-0.4, -0.2) is 10.9 Å². The molecule has 0 aliphatic heterocycles. The van der Waals surface area contributed by atoms with Crippen LogP contribution in [0.1, 0.15) is 21.5 Å². The molecule has 2 aromatic rings. The molecule has 0 aliphatic carbocycles. The first-order valence-electron chi connectivity index (χ1n) is 6.02. The lowest BCUT2D eigenvalue weighted by molar-refractivity contribution is -0.137. The van der Waals surface area contributed by atoms with E-state index in [1.807, 2.05) is 0 Å². The normalized spacial score (nSPS) is 11.3. The predicted molar refractivity (Wildman–Crippen MR) is 66.8 cm³/mol. The summed E-state index contributed by atoms with van der Waals surface area (Å²) in [6, 6.07) is 3.69. The number of alkyl halides is 3. The van der Waals surface area contributed by atoms with Crippen LogP contribution in [0.3, 0.4) is 0 Å². The predicted octanol–water partition coefficient (Wildman–Crippen LogP) is 3.31. The molecule has 1 heterocycles. The quantitative estimate of drug-likeness (QED) is 0.883. The maximum atomic E-state index is 13.0. The highest BCUT2D eigenvalue weighted by molar-refractivity contribution is 5.94. The van der Waals surface area contributed by atoms with Crippen molar-refractivity contribution in [2.45, 2.75) is 12.7 Å². The molecule has 3 nitrogen and oxygen atoms in total. The van der Waals surface area contributed by atoms with Gasteiger partial charge in [0.25, 0.3) is 5.91 Å². The van der Waals surface area contributed by atoms with Crippen LogP contribution in [0.4, 0.5) is 22.0 Å². The summed E-state index contributed by atoms with van der Waals surface area (Å²) in [5, 5.41) is 2.31. The fraction of sp³-hybridized carbons (Fsp3) is 0.143. The van der Waals surface area contributed by atoms with Gasteiger partial charge in [0.2, 0.25) is 0 Å². The van der Waals surface area contributed by atoms with Gasteiger partial charge in [0.1, 0.15) is 0 Å². The van der Waals surface area contributed by atoms with E-state index in [0.29, 0.717) is 12.3 Å². The second-order valence-corrected chi connectivity index (χ2v) is 4.39. The van der Waals surface area contributed by atoms with Crippen LogP contribution in [0, 0.1) is 11.6 Å². The second kappa shape index (κ2) is 6.08. The number of carbonyl (C=O) groups excluding carboxylic acids is 1. The summed E-state index contributed by atoms with van der Waals surface area (Å²) >= 11 is 0. The van der Waals surface area contributed by atoms with Crippen molar-refractivity contribution in [2.24, 2.45) is 0 Å². The lowest BCUT2D eigenvalue weighted by Crippen LogP contribution is -2.23. The lowest BCUT2D eigenvalue weighted by Gasteiger charge is -2.09. The minimum atomic E-state index is -4.61. The average Bonchev–Trinajstić information content (AvgIpc) is 2.47. The highest BCUT2D eigenvalue weighted by Crippen LogP contribution is 2.28. The average molecular weight is 316 g/mol. The van der Waals surface area contributed by atoms with E-state index in [9.17, 15) is 26.7 Å². The second-order valence-electron chi connectivity index (χ2n) is 4.39. The van der Waals surface area contributed by atoms with Crippen molar-refractivity contribution in [1.29, 1.82) is 0 Å². The number of aromatic nitrogens is 1. The first kappa shape index (κ1) is 15.9. The number of carbonyl (C=O) groups is 1. The van der Waals surface area contributed by atoms with Crippen molar-refractivity contribution in [3.05, 3.63) is 65.0 Å². The molecular formula is C14H9F5N2O. The van der Waals surface area contributed by atoms with E-state index >= 15 is 0 Å². The van der Waals surface area contributed by atoms with Crippen LogP contribution in [0.25, 0.3) is 0 Å². The minimum Gasteiger partial charge on any atom is -0.348 e. The molecule has 1 amide bonds. The number of benzene rings is 1. The summed E-state index contributed by atoms with van der Waals surface area (Å²) in [7, 11) is 0. The molecule has 0 saturated carbocycles. The molecule has 1 aromatic carbocycles. The molecule has 22 heavy (non-hydrogen) atoms. The number of amides is 1. The third-order valence-corrected chi connectivity index (χ3v) is 2.76. The Kier molecular flexibility index (Phi) is 4.39. The summed E-state index contributed by atoms with van der Waals surface area (Å²) in [4.78, 5) is 15.1. The van der Waals surface area contributed by atoms with E-state index < -0.39 is 29.3 Å². The molecule has 0 saturated heterocycles. The van der Waals surface area contributed by atoms with Crippen molar-refractivity contribution < 1.29 is 26.7 Å². The molecule has 116 valence electrons. The van der Waals surface area contributed by atoms with Gasteiger partial charge in [0.15, 0.2) is 11.6 Å². The van der Waals surface area contributed by atoms with E-state index in [0.717, 1.165) is 18.3 Å². The van der Waals surface area contributed by atoms with E-state index in [1.54, 1.807) is 0 Å². The number of rotatable bonds is 3. The van der Waals surface area contributed by atoms with E-state index in [4.69, 9.17) is 0 Å². The highest BCUT2D eigenvalue weighted by atomic mass is 19.4. The summed E-state index contributed by atoms with van der Waals surface area (Å²) in [5.74, 6) is -2.91. The third kappa shape index (κ3) is 3.78. The van der Waals surface area contributed by atoms with E-state index in [1.165, 1.54) is 6.07 Å². The Hall–Kier alpha value is -2.51. The standard InChI is InChI=1S/C14H9F5N2O/c15-11-2-1-8(3-12(11)16)5-21-13(22)9-4-10(7-20-6-9)14(17,18)19/h1-4,6-7H,5H2,(H,21,22). The van der Waals surface area contributed by atoms with Crippen LogP contribution in [-0.2, 0) is 12.7 Å². The van der Waals surface area contributed by atoms with Crippen LogP contribution in [0.2, 0.25) is 0 Å². The van der Waals surface area contributed by atoms with Crippen molar-refractivity contribution >= 4 is 5.91 Å². The van der Waals surface area contributed by atoms with Gasteiger partial charge in [-0.15, -0.1) is 0 Å². The summed E-state index contributed by atoms with van der Waals surface area (Å²) < 4.78 is 63.3. The molecule has 0 radical (unpaired) electrons. The molecule has 2 rings (SSSR count). The van der Waals surface area contributed by atoms with Gasteiger partial charge >= 0.3 is 6.18 Å². The van der Waals surface area contributed by atoms with Crippen molar-refractivity contribution in [3.63, 3.8) is 0 Å². The van der Waals surface area contributed by atoms with Crippen LogP contribution in [0.15, 0.2) is 36.7 Å². The molecule has 1 aromatic heterocycles. The molecule has 0 bridgehead atoms. The highest BCUT2D eigenvalue weighted by Gasteiger charge is 2.31.